The van der Waals surface area contributed by atoms with Crippen molar-refractivity contribution in [3.63, 3.8) is 0 Å². The van der Waals surface area contributed by atoms with E-state index in [2.05, 4.69) is 4.98 Å². The molecule has 2 aliphatic rings. The largest absolute Gasteiger partial charge is 0.490 e. The van der Waals surface area contributed by atoms with Crippen molar-refractivity contribution in [3.05, 3.63) is 24.5 Å². The van der Waals surface area contributed by atoms with Gasteiger partial charge in [0.05, 0.1) is 18.4 Å². The third kappa shape index (κ3) is 7.13. The second kappa shape index (κ2) is 10.6. The number of piperidine rings is 1. The maximum atomic E-state index is 12.2. The van der Waals surface area contributed by atoms with Gasteiger partial charge in [-0.1, -0.05) is 0 Å². The van der Waals surface area contributed by atoms with Crippen molar-refractivity contribution >= 4 is 11.9 Å². The molecule has 0 aromatic carbocycles. The van der Waals surface area contributed by atoms with Crippen LogP contribution in [0.2, 0.25) is 0 Å². The van der Waals surface area contributed by atoms with Crippen LogP contribution < -0.4 is 4.74 Å². The second-order valence-electron chi connectivity index (χ2n) is 6.99. The number of nitrogens with zero attached hydrogens (tertiary/aromatic N) is 2. The average Bonchev–Trinajstić information content (AvgIpc) is 3.08. The van der Waals surface area contributed by atoms with E-state index in [9.17, 15) is 18.0 Å². The quantitative estimate of drug-likeness (QED) is 0.759. The minimum absolute atomic E-state index is 0.0149. The summed E-state index contributed by atoms with van der Waals surface area (Å²) < 4.78 is 49.0. The van der Waals surface area contributed by atoms with Crippen LogP contribution in [0, 0.1) is 0 Å². The molecule has 2 fully saturated rings. The Balaban J connectivity index is 0.000000396. The van der Waals surface area contributed by atoms with E-state index in [1.807, 2.05) is 24.0 Å². The fourth-order valence-corrected chi connectivity index (χ4v) is 3.36. The Bertz CT molecular complexity index is 703. The standard InChI is InChI=1S/C17H24N2O4.C2HF3O2/c1-2-21-12-16(20)19-8-4-6-17(13-19)9-15(11-22-17)23-14-5-3-7-18-10-14;3-2(4,5)1(6)7/h3,5,7,10,15H,2,4,6,8-9,11-13H2,1H3;(H,6,7)/t15-,17+;/m1./s1. The number of ether oxygens (including phenoxy) is 3. The highest BCUT2D eigenvalue weighted by Crippen LogP contribution is 2.36. The first-order valence-electron chi connectivity index (χ1n) is 9.51. The molecule has 1 amide bonds. The van der Waals surface area contributed by atoms with Crippen molar-refractivity contribution in [2.75, 3.05) is 32.9 Å². The van der Waals surface area contributed by atoms with Crippen molar-refractivity contribution in [2.24, 2.45) is 0 Å². The van der Waals surface area contributed by atoms with Gasteiger partial charge in [-0.15, -0.1) is 0 Å². The van der Waals surface area contributed by atoms with Crippen molar-refractivity contribution < 1.29 is 42.1 Å². The molecule has 1 N–H and O–H groups in total. The SMILES string of the molecule is CCOCC(=O)N1CCC[C@]2(C[C@@H](Oc3cccnc3)CO2)C1.O=C(O)C(F)(F)F. The Hall–Kier alpha value is -2.40. The first-order valence-corrected chi connectivity index (χ1v) is 9.51. The Morgan fingerprint density at radius 2 is 2.17 bits per heavy atom. The summed E-state index contributed by atoms with van der Waals surface area (Å²) in [7, 11) is 0. The summed E-state index contributed by atoms with van der Waals surface area (Å²) in [5.74, 6) is -1.95. The van der Waals surface area contributed by atoms with Crippen LogP contribution in [0.5, 0.6) is 5.75 Å². The van der Waals surface area contributed by atoms with Gasteiger partial charge in [0.2, 0.25) is 5.91 Å². The molecule has 2 saturated heterocycles. The number of carbonyl (C=O) groups is 2. The number of aliphatic carboxylic acids is 1. The fraction of sp³-hybridized carbons (Fsp3) is 0.632. The number of likely N-dealkylation sites (tertiary alicyclic amines) is 1. The van der Waals surface area contributed by atoms with E-state index < -0.39 is 12.1 Å². The van der Waals surface area contributed by atoms with Gasteiger partial charge in [0.25, 0.3) is 0 Å². The molecule has 3 rings (SSSR count). The van der Waals surface area contributed by atoms with Crippen molar-refractivity contribution in [1.82, 2.24) is 9.88 Å². The van der Waals surface area contributed by atoms with Crippen molar-refractivity contribution in [3.8, 4) is 5.75 Å². The molecule has 1 spiro atoms. The zero-order valence-electron chi connectivity index (χ0n) is 16.6. The summed E-state index contributed by atoms with van der Waals surface area (Å²) in [5, 5.41) is 7.12. The zero-order chi connectivity index (χ0) is 22.2. The van der Waals surface area contributed by atoms with Crippen LogP contribution in [-0.4, -0.2) is 77.7 Å². The molecule has 0 aliphatic carbocycles. The number of halogens is 3. The molecule has 30 heavy (non-hydrogen) atoms. The van der Waals surface area contributed by atoms with Crippen LogP contribution in [0.25, 0.3) is 0 Å². The van der Waals surface area contributed by atoms with Crippen LogP contribution in [0.1, 0.15) is 26.2 Å². The summed E-state index contributed by atoms with van der Waals surface area (Å²) in [6, 6.07) is 3.76. The lowest BCUT2D eigenvalue weighted by Gasteiger charge is -2.39. The molecule has 1 aromatic rings. The molecule has 0 bridgehead atoms. The number of hydrogen-bond acceptors (Lipinski definition) is 6. The smallest absolute Gasteiger partial charge is 0.486 e. The molecular formula is C19H25F3N2O6. The summed E-state index contributed by atoms with van der Waals surface area (Å²) in [5.41, 5.74) is -0.271. The number of alkyl halides is 3. The first-order chi connectivity index (χ1) is 14.1. The minimum atomic E-state index is -5.08. The van der Waals surface area contributed by atoms with Gasteiger partial charge >= 0.3 is 12.1 Å². The zero-order valence-corrected chi connectivity index (χ0v) is 16.6. The monoisotopic (exact) mass is 434 g/mol. The molecule has 11 heteroatoms. The Morgan fingerprint density at radius 1 is 1.43 bits per heavy atom. The van der Waals surface area contributed by atoms with Crippen LogP contribution in [0.3, 0.4) is 0 Å². The van der Waals surface area contributed by atoms with E-state index in [1.165, 1.54) is 0 Å². The lowest BCUT2D eigenvalue weighted by atomic mass is 9.89. The van der Waals surface area contributed by atoms with Gasteiger partial charge in [-0.3, -0.25) is 9.78 Å². The molecule has 0 radical (unpaired) electrons. The number of carboxylic acid groups (broad SMARTS) is 1. The van der Waals surface area contributed by atoms with Crippen LogP contribution in [0.4, 0.5) is 13.2 Å². The normalized spacial score (nSPS) is 23.6. The number of hydrogen-bond donors (Lipinski definition) is 1. The fourth-order valence-electron chi connectivity index (χ4n) is 3.36. The van der Waals surface area contributed by atoms with Gasteiger partial charge in [0, 0.05) is 32.3 Å². The van der Waals surface area contributed by atoms with Crippen LogP contribution in [0.15, 0.2) is 24.5 Å². The molecule has 3 heterocycles. The number of pyridine rings is 1. The number of amides is 1. The van der Waals surface area contributed by atoms with Crippen molar-refractivity contribution in [1.29, 1.82) is 0 Å². The molecule has 8 nitrogen and oxygen atoms in total. The highest BCUT2D eigenvalue weighted by Gasteiger charge is 2.45. The highest BCUT2D eigenvalue weighted by atomic mass is 19.4. The summed E-state index contributed by atoms with van der Waals surface area (Å²) in [6.45, 7) is 4.58. The van der Waals surface area contributed by atoms with E-state index >= 15 is 0 Å². The summed E-state index contributed by atoms with van der Waals surface area (Å²) in [4.78, 5) is 27.0. The molecule has 0 saturated carbocycles. The Labute approximate surface area is 171 Å². The van der Waals surface area contributed by atoms with Gasteiger partial charge in [0.15, 0.2) is 0 Å². The summed E-state index contributed by atoms with van der Waals surface area (Å²) >= 11 is 0. The molecule has 0 unspecified atom stereocenters. The van der Waals surface area contributed by atoms with E-state index in [0.29, 0.717) is 19.8 Å². The molecule has 168 valence electrons. The van der Waals surface area contributed by atoms with Gasteiger partial charge in [-0.05, 0) is 31.9 Å². The predicted octanol–water partition coefficient (Wildman–Crippen LogP) is 2.28. The third-order valence-electron chi connectivity index (χ3n) is 4.68. The number of carboxylic acids is 1. The second-order valence-corrected chi connectivity index (χ2v) is 6.99. The lowest BCUT2D eigenvalue weighted by molar-refractivity contribution is -0.192. The Morgan fingerprint density at radius 3 is 2.77 bits per heavy atom. The number of aromatic nitrogens is 1. The van der Waals surface area contributed by atoms with Gasteiger partial charge in [0.1, 0.15) is 18.5 Å². The topological polar surface area (TPSA) is 98.2 Å². The minimum Gasteiger partial charge on any atom is -0.486 e. The van der Waals surface area contributed by atoms with Crippen LogP contribution in [-0.2, 0) is 19.1 Å². The third-order valence-corrected chi connectivity index (χ3v) is 4.68. The molecule has 2 aliphatic heterocycles. The first kappa shape index (κ1) is 23.9. The number of rotatable bonds is 5. The number of carbonyl (C=O) groups excluding carboxylic acids is 1. The highest BCUT2D eigenvalue weighted by molar-refractivity contribution is 5.77. The Kier molecular flexibility index (Phi) is 8.42. The molecule has 1 aromatic heterocycles. The average molecular weight is 434 g/mol. The van der Waals surface area contributed by atoms with Gasteiger partial charge < -0.3 is 24.2 Å². The molecule has 2 atom stereocenters. The van der Waals surface area contributed by atoms with E-state index in [1.54, 1.807) is 12.4 Å². The van der Waals surface area contributed by atoms with E-state index in [-0.39, 0.29) is 24.2 Å². The molecular weight excluding hydrogens is 409 g/mol. The predicted molar refractivity (Wildman–Crippen MR) is 98.0 cm³/mol. The van der Waals surface area contributed by atoms with E-state index in [4.69, 9.17) is 24.1 Å². The van der Waals surface area contributed by atoms with Crippen molar-refractivity contribution in [2.45, 2.75) is 44.1 Å². The van der Waals surface area contributed by atoms with Crippen LogP contribution >= 0.6 is 0 Å². The van der Waals surface area contributed by atoms with Gasteiger partial charge in [-0.2, -0.15) is 13.2 Å². The maximum absolute atomic E-state index is 12.2. The maximum Gasteiger partial charge on any atom is 0.490 e. The van der Waals surface area contributed by atoms with Gasteiger partial charge in [-0.25, -0.2) is 4.79 Å². The lowest BCUT2D eigenvalue weighted by Crippen LogP contribution is -2.51. The summed E-state index contributed by atoms with van der Waals surface area (Å²) in [6.07, 6.45) is 1.10. The van der Waals surface area contributed by atoms with E-state index in [0.717, 1.165) is 31.6 Å².